The fourth-order valence-electron chi connectivity index (χ4n) is 2.23. The average molecular weight is 330 g/mol. The molecule has 1 amide bonds. The lowest BCUT2D eigenvalue weighted by Gasteiger charge is -2.10. The first-order valence-corrected chi connectivity index (χ1v) is 7.54. The predicted molar refractivity (Wildman–Crippen MR) is 85.1 cm³/mol. The van der Waals surface area contributed by atoms with E-state index >= 15 is 0 Å². The molecule has 2 N–H and O–H groups in total. The van der Waals surface area contributed by atoms with Crippen LogP contribution in [-0.2, 0) is 14.3 Å². The molecule has 0 saturated carbocycles. The second-order valence-electron chi connectivity index (χ2n) is 5.27. The molecule has 0 spiro atoms. The summed E-state index contributed by atoms with van der Waals surface area (Å²) >= 11 is 0. The molecule has 1 aromatic carbocycles. The number of carbonyl (C=O) groups is 2. The fourth-order valence-corrected chi connectivity index (χ4v) is 2.23. The molecule has 2 rings (SSSR count). The van der Waals surface area contributed by atoms with Crippen LogP contribution in [0.15, 0.2) is 29.8 Å². The number of nitrogens with zero attached hydrogens (tertiary/aromatic N) is 1. The summed E-state index contributed by atoms with van der Waals surface area (Å²) < 4.78 is 10.4. The highest BCUT2D eigenvalue weighted by atomic mass is 16.5. The van der Waals surface area contributed by atoms with Gasteiger partial charge in [-0.3, -0.25) is 4.79 Å². The van der Waals surface area contributed by atoms with Crippen LogP contribution in [0, 0.1) is 11.3 Å². The minimum atomic E-state index is -1.06. The van der Waals surface area contributed by atoms with Crippen molar-refractivity contribution in [2.45, 2.75) is 18.9 Å². The van der Waals surface area contributed by atoms with E-state index in [1.54, 1.807) is 24.3 Å². The number of carbonyl (C=O) groups excluding carboxylic acids is 1. The third kappa shape index (κ3) is 5.41. The molecule has 7 heteroatoms. The summed E-state index contributed by atoms with van der Waals surface area (Å²) in [4.78, 5) is 22.5. The zero-order chi connectivity index (χ0) is 17.4. The summed E-state index contributed by atoms with van der Waals surface area (Å²) in [7, 11) is 0. The van der Waals surface area contributed by atoms with Gasteiger partial charge in [0.25, 0.3) is 5.91 Å². The van der Waals surface area contributed by atoms with Crippen molar-refractivity contribution in [1.29, 1.82) is 5.26 Å². The summed E-state index contributed by atoms with van der Waals surface area (Å²) in [6, 6.07) is 8.32. The van der Waals surface area contributed by atoms with Gasteiger partial charge >= 0.3 is 5.97 Å². The van der Waals surface area contributed by atoms with E-state index in [2.05, 4.69) is 5.32 Å². The van der Waals surface area contributed by atoms with Gasteiger partial charge in [0.2, 0.25) is 0 Å². The maximum absolute atomic E-state index is 12.0. The van der Waals surface area contributed by atoms with Crippen molar-refractivity contribution in [2.75, 3.05) is 19.8 Å². The Morgan fingerprint density at radius 3 is 2.75 bits per heavy atom. The van der Waals surface area contributed by atoms with Gasteiger partial charge in [0, 0.05) is 13.2 Å². The Labute approximate surface area is 139 Å². The van der Waals surface area contributed by atoms with E-state index in [9.17, 15) is 9.59 Å². The number of hydrogen-bond acceptors (Lipinski definition) is 5. The summed E-state index contributed by atoms with van der Waals surface area (Å²) in [5.74, 6) is -1.11. The van der Waals surface area contributed by atoms with Crippen molar-refractivity contribution in [3.05, 3.63) is 35.4 Å². The molecule has 1 heterocycles. The average Bonchev–Trinajstić information content (AvgIpc) is 3.10. The smallest absolute Gasteiger partial charge is 0.341 e. The molecule has 0 unspecified atom stereocenters. The number of benzene rings is 1. The van der Waals surface area contributed by atoms with Gasteiger partial charge in [0.05, 0.1) is 6.10 Å². The lowest BCUT2D eigenvalue weighted by Crippen LogP contribution is -2.32. The van der Waals surface area contributed by atoms with Crippen LogP contribution in [0.1, 0.15) is 18.4 Å². The Morgan fingerprint density at radius 2 is 2.17 bits per heavy atom. The lowest BCUT2D eigenvalue weighted by atomic mass is 10.1. The largest absolute Gasteiger partial charge is 0.482 e. The Morgan fingerprint density at radius 1 is 1.42 bits per heavy atom. The highest BCUT2D eigenvalue weighted by molar-refractivity contribution is 6.01. The first-order chi connectivity index (χ1) is 11.6. The number of carboxylic acids is 1. The summed E-state index contributed by atoms with van der Waals surface area (Å²) in [5, 5.41) is 20.4. The number of amides is 1. The maximum atomic E-state index is 12.0. The van der Waals surface area contributed by atoms with Crippen molar-refractivity contribution in [3.8, 4) is 11.8 Å². The van der Waals surface area contributed by atoms with Crippen LogP contribution in [0.3, 0.4) is 0 Å². The fraction of sp³-hybridized carbons (Fsp3) is 0.353. The third-order valence-corrected chi connectivity index (χ3v) is 3.43. The summed E-state index contributed by atoms with van der Waals surface area (Å²) in [5.41, 5.74) is 0.633. The van der Waals surface area contributed by atoms with Gasteiger partial charge < -0.3 is 19.9 Å². The van der Waals surface area contributed by atoms with Crippen molar-refractivity contribution >= 4 is 18.0 Å². The highest BCUT2D eigenvalue weighted by Gasteiger charge is 2.17. The Balaban J connectivity index is 1.94. The van der Waals surface area contributed by atoms with Gasteiger partial charge in [-0.05, 0) is 36.6 Å². The van der Waals surface area contributed by atoms with Crippen molar-refractivity contribution < 1.29 is 24.2 Å². The quantitative estimate of drug-likeness (QED) is 0.577. The van der Waals surface area contributed by atoms with Gasteiger partial charge in [-0.2, -0.15) is 5.26 Å². The molecular weight excluding hydrogens is 312 g/mol. The van der Waals surface area contributed by atoms with Crippen LogP contribution in [-0.4, -0.2) is 42.8 Å². The molecule has 0 bridgehead atoms. The number of nitriles is 1. The number of hydrogen-bond donors (Lipinski definition) is 2. The number of ether oxygens (including phenoxy) is 2. The van der Waals surface area contributed by atoms with Gasteiger partial charge in [0.1, 0.15) is 17.4 Å². The molecule has 1 aromatic rings. The second-order valence-corrected chi connectivity index (χ2v) is 5.27. The molecule has 0 radical (unpaired) electrons. The van der Waals surface area contributed by atoms with E-state index in [-0.39, 0.29) is 11.7 Å². The van der Waals surface area contributed by atoms with Crippen LogP contribution in [0.4, 0.5) is 0 Å². The molecular formula is C17H18N2O5. The van der Waals surface area contributed by atoms with Gasteiger partial charge in [-0.1, -0.05) is 12.1 Å². The predicted octanol–water partition coefficient (Wildman–Crippen LogP) is 1.35. The SMILES string of the molecule is N#C/C(=C/c1ccc(OCC(=O)O)cc1)C(=O)NC[C@@H]1CCCO1. The third-order valence-electron chi connectivity index (χ3n) is 3.43. The summed E-state index contributed by atoms with van der Waals surface area (Å²) in [6.07, 6.45) is 3.37. The van der Waals surface area contributed by atoms with Gasteiger partial charge in [0.15, 0.2) is 6.61 Å². The second kappa shape index (κ2) is 8.70. The Kier molecular flexibility index (Phi) is 6.34. The Bertz CT molecular complexity index is 655. The maximum Gasteiger partial charge on any atom is 0.341 e. The molecule has 24 heavy (non-hydrogen) atoms. The number of rotatable bonds is 7. The lowest BCUT2D eigenvalue weighted by molar-refractivity contribution is -0.139. The van der Waals surface area contributed by atoms with E-state index in [1.165, 1.54) is 6.08 Å². The minimum Gasteiger partial charge on any atom is -0.482 e. The van der Waals surface area contributed by atoms with Gasteiger partial charge in [-0.15, -0.1) is 0 Å². The van der Waals surface area contributed by atoms with E-state index < -0.39 is 18.5 Å². The van der Waals surface area contributed by atoms with Crippen molar-refractivity contribution in [3.63, 3.8) is 0 Å². The number of carboxylic acid groups (broad SMARTS) is 1. The van der Waals surface area contributed by atoms with Gasteiger partial charge in [-0.25, -0.2) is 4.79 Å². The molecule has 1 saturated heterocycles. The van der Waals surface area contributed by atoms with Crippen LogP contribution in [0.2, 0.25) is 0 Å². The minimum absolute atomic E-state index is 0.00722. The molecule has 0 aromatic heterocycles. The molecule has 0 aliphatic carbocycles. The van der Waals surface area contributed by atoms with Crippen LogP contribution >= 0.6 is 0 Å². The molecule has 7 nitrogen and oxygen atoms in total. The summed E-state index contributed by atoms with van der Waals surface area (Å²) in [6.45, 7) is 0.669. The van der Waals surface area contributed by atoms with Crippen LogP contribution in [0.5, 0.6) is 5.75 Å². The first kappa shape index (κ1) is 17.5. The zero-order valence-corrected chi connectivity index (χ0v) is 13.0. The number of nitrogens with one attached hydrogen (secondary N) is 1. The standard InChI is InChI=1S/C17H18N2O5/c18-9-13(17(22)19-10-15-2-1-7-23-15)8-12-3-5-14(6-4-12)24-11-16(20)21/h3-6,8,15H,1-2,7,10-11H2,(H,19,22)(H,20,21)/b13-8-/t15-/m0/s1. The topological polar surface area (TPSA) is 109 Å². The highest BCUT2D eigenvalue weighted by Crippen LogP contribution is 2.15. The van der Waals surface area contributed by atoms with Crippen molar-refractivity contribution in [1.82, 2.24) is 5.32 Å². The molecule has 1 atom stereocenters. The van der Waals surface area contributed by atoms with E-state index in [0.29, 0.717) is 24.5 Å². The molecule has 1 aliphatic rings. The molecule has 1 aliphatic heterocycles. The first-order valence-electron chi connectivity index (χ1n) is 7.54. The molecule has 126 valence electrons. The van der Waals surface area contributed by atoms with Crippen LogP contribution in [0.25, 0.3) is 6.08 Å². The monoisotopic (exact) mass is 330 g/mol. The van der Waals surface area contributed by atoms with E-state index in [4.69, 9.17) is 19.8 Å². The van der Waals surface area contributed by atoms with E-state index in [0.717, 1.165) is 12.8 Å². The van der Waals surface area contributed by atoms with Crippen LogP contribution < -0.4 is 10.1 Å². The number of aliphatic carboxylic acids is 1. The normalized spacial score (nSPS) is 17.1. The van der Waals surface area contributed by atoms with Crippen molar-refractivity contribution in [2.24, 2.45) is 0 Å². The Hall–Kier alpha value is -2.85. The van der Waals surface area contributed by atoms with E-state index in [1.807, 2.05) is 6.07 Å². The zero-order valence-electron chi connectivity index (χ0n) is 13.0. The molecule has 1 fully saturated rings.